The van der Waals surface area contributed by atoms with Gasteiger partial charge in [-0.1, -0.05) is 23.7 Å². The summed E-state index contributed by atoms with van der Waals surface area (Å²) < 4.78 is 6.48. The molecule has 4 heteroatoms. The van der Waals surface area contributed by atoms with Gasteiger partial charge in [-0.3, -0.25) is 0 Å². The monoisotopic (exact) mass is 267 g/mol. The van der Waals surface area contributed by atoms with E-state index in [0.29, 0.717) is 6.61 Å². The van der Waals surface area contributed by atoms with Gasteiger partial charge in [0.15, 0.2) is 0 Å². The highest BCUT2D eigenvalue weighted by atomic mass is 35.5. The predicted molar refractivity (Wildman–Crippen MR) is 72.7 cm³/mol. The predicted octanol–water partition coefficient (Wildman–Crippen LogP) is 4.00. The zero-order chi connectivity index (χ0) is 12.3. The van der Waals surface area contributed by atoms with Gasteiger partial charge in [0.05, 0.1) is 4.34 Å². The summed E-state index contributed by atoms with van der Waals surface area (Å²) in [6.45, 7) is 2.50. The van der Waals surface area contributed by atoms with E-state index >= 15 is 0 Å². The van der Waals surface area contributed by atoms with Gasteiger partial charge in [0.25, 0.3) is 0 Å². The number of thiophene rings is 1. The molecule has 0 amide bonds. The molecule has 1 aromatic carbocycles. The quantitative estimate of drug-likeness (QED) is 0.909. The standard InChI is InChI=1S/C13H14ClNOS/c1-9(15)10-3-2-4-11(7-10)16-8-12-5-6-13(14)17-12/h2-7,9H,8,15H2,1H3/t9-/m0/s1. The van der Waals surface area contributed by atoms with E-state index in [1.54, 1.807) is 0 Å². The molecule has 2 aromatic rings. The first-order valence-corrected chi connectivity index (χ1v) is 6.57. The van der Waals surface area contributed by atoms with E-state index in [1.165, 1.54) is 11.3 Å². The van der Waals surface area contributed by atoms with E-state index in [1.807, 2.05) is 43.3 Å². The molecule has 2 nitrogen and oxygen atoms in total. The van der Waals surface area contributed by atoms with Gasteiger partial charge in [-0.15, -0.1) is 11.3 Å². The van der Waals surface area contributed by atoms with Crippen molar-refractivity contribution in [2.75, 3.05) is 0 Å². The van der Waals surface area contributed by atoms with Crippen LogP contribution in [-0.2, 0) is 6.61 Å². The molecule has 0 bridgehead atoms. The largest absolute Gasteiger partial charge is 0.488 e. The van der Waals surface area contributed by atoms with E-state index in [9.17, 15) is 0 Å². The van der Waals surface area contributed by atoms with Crippen molar-refractivity contribution in [2.45, 2.75) is 19.6 Å². The van der Waals surface area contributed by atoms with Crippen molar-refractivity contribution in [2.24, 2.45) is 5.73 Å². The summed E-state index contributed by atoms with van der Waals surface area (Å²) in [6.07, 6.45) is 0. The van der Waals surface area contributed by atoms with Crippen molar-refractivity contribution in [3.63, 3.8) is 0 Å². The highest BCUT2D eigenvalue weighted by Gasteiger charge is 2.03. The molecule has 17 heavy (non-hydrogen) atoms. The van der Waals surface area contributed by atoms with Crippen molar-refractivity contribution in [1.82, 2.24) is 0 Å². The second-order valence-electron chi connectivity index (χ2n) is 3.86. The highest BCUT2D eigenvalue weighted by Crippen LogP contribution is 2.24. The summed E-state index contributed by atoms with van der Waals surface area (Å²) >= 11 is 7.39. The Kier molecular flexibility index (Phi) is 4.05. The normalized spacial score (nSPS) is 12.4. The number of hydrogen-bond donors (Lipinski definition) is 1. The van der Waals surface area contributed by atoms with E-state index in [-0.39, 0.29) is 6.04 Å². The molecule has 0 saturated heterocycles. The van der Waals surface area contributed by atoms with Crippen LogP contribution in [0.5, 0.6) is 5.75 Å². The molecule has 1 aromatic heterocycles. The second-order valence-corrected chi connectivity index (χ2v) is 5.66. The molecule has 0 saturated carbocycles. The minimum atomic E-state index is 0.0229. The Hall–Kier alpha value is -1.03. The van der Waals surface area contributed by atoms with Gasteiger partial charge < -0.3 is 10.5 Å². The van der Waals surface area contributed by atoms with Crippen LogP contribution >= 0.6 is 22.9 Å². The van der Waals surface area contributed by atoms with Crippen LogP contribution in [0.3, 0.4) is 0 Å². The van der Waals surface area contributed by atoms with E-state index < -0.39 is 0 Å². The van der Waals surface area contributed by atoms with Gasteiger partial charge in [0, 0.05) is 10.9 Å². The minimum absolute atomic E-state index is 0.0229. The highest BCUT2D eigenvalue weighted by molar-refractivity contribution is 7.16. The topological polar surface area (TPSA) is 35.2 Å². The maximum atomic E-state index is 5.86. The Morgan fingerprint density at radius 3 is 2.82 bits per heavy atom. The summed E-state index contributed by atoms with van der Waals surface area (Å²) in [5.41, 5.74) is 6.90. The molecule has 0 spiro atoms. The molecule has 0 unspecified atom stereocenters. The number of ether oxygens (including phenoxy) is 1. The zero-order valence-electron chi connectivity index (χ0n) is 9.52. The van der Waals surface area contributed by atoms with Crippen molar-refractivity contribution >= 4 is 22.9 Å². The smallest absolute Gasteiger partial charge is 0.122 e. The van der Waals surface area contributed by atoms with Crippen LogP contribution in [-0.4, -0.2) is 0 Å². The van der Waals surface area contributed by atoms with Crippen molar-refractivity contribution in [1.29, 1.82) is 0 Å². The van der Waals surface area contributed by atoms with Gasteiger partial charge in [0.2, 0.25) is 0 Å². The first kappa shape index (κ1) is 12.4. The third-order valence-electron chi connectivity index (χ3n) is 2.39. The van der Waals surface area contributed by atoms with E-state index in [2.05, 4.69) is 0 Å². The van der Waals surface area contributed by atoms with Crippen LogP contribution < -0.4 is 10.5 Å². The molecule has 90 valence electrons. The molecule has 0 fully saturated rings. The summed E-state index contributed by atoms with van der Waals surface area (Å²) in [5, 5.41) is 0. The third-order valence-corrected chi connectivity index (χ3v) is 3.60. The van der Waals surface area contributed by atoms with Crippen LogP contribution in [0.4, 0.5) is 0 Å². The van der Waals surface area contributed by atoms with E-state index in [4.69, 9.17) is 22.1 Å². The number of hydrogen-bond acceptors (Lipinski definition) is 3. The molecule has 2 N–H and O–H groups in total. The molecule has 0 aliphatic heterocycles. The summed E-state index contributed by atoms with van der Waals surface area (Å²) in [5.74, 6) is 0.837. The summed E-state index contributed by atoms with van der Waals surface area (Å²) in [7, 11) is 0. The molecule has 2 rings (SSSR count). The number of halogens is 1. The van der Waals surface area contributed by atoms with Crippen molar-refractivity contribution in [3.8, 4) is 5.75 Å². The average molecular weight is 268 g/mol. The van der Waals surface area contributed by atoms with Crippen molar-refractivity contribution < 1.29 is 4.74 Å². The fraction of sp³-hybridized carbons (Fsp3) is 0.231. The Labute approximate surface area is 110 Å². The zero-order valence-corrected chi connectivity index (χ0v) is 11.1. The van der Waals surface area contributed by atoms with Gasteiger partial charge in [-0.25, -0.2) is 0 Å². The molecule has 1 heterocycles. The molecular weight excluding hydrogens is 254 g/mol. The minimum Gasteiger partial charge on any atom is -0.488 e. The Bertz CT molecular complexity index is 496. The molecule has 1 atom stereocenters. The maximum absolute atomic E-state index is 5.86. The lowest BCUT2D eigenvalue weighted by atomic mass is 10.1. The summed E-state index contributed by atoms with van der Waals surface area (Å²) in [4.78, 5) is 1.11. The van der Waals surface area contributed by atoms with Crippen LogP contribution in [0, 0.1) is 0 Å². The van der Waals surface area contributed by atoms with Gasteiger partial charge in [-0.05, 0) is 36.8 Å². The first-order valence-electron chi connectivity index (χ1n) is 5.37. The van der Waals surface area contributed by atoms with Gasteiger partial charge in [0.1, 0.15) is 12.4 Å². The second kappa shape index (κ2) is 5.54. The van der Waals surface area contributed by atoms with Gasteiger partial charge in [-0.2, -0.15) is 0 Å². The number of nitrogens with two attached hydrogens (primary N) is 1. The van der Waals surface area contributed by atoms with Crippen LogP contribution in [0.25, 0.3) is 0 Å². The fourth-order valence-electron chi connectivity index (χ4n) is 1.47. The number of benzene rings is 1. The number of rotatable bonds is 4. The lowest BCUT2D eigenvalue weighted by molar-refractivity contribution is 0.309. The van der Waals surface area contributed by atoms with E-state index in [0.717, 1.165) is 20.5 Å². The molecule has 0 aliphatic rings. The van der Waals surface area contributed by atoms with Gasteiger partial charge >= 0.3 is 0 Å². The average Bonchev–Trinajstić information content (AvgIpc) is 2.73. The van der Waals surface area contributed by atoms with Crippen molar-refractivity contribution in [3.05, 3.63) is 51.2 Å². The Morgan fingerprint density at radius 1 is 1.35 bits per heavy atom. The molecule has 0 aliphatic carbocycles. The third kappa shape index (κ3) is 3.46. The molecular formula is C13H14ClNOS. The van der Waals surface area contributed by atoms with Crippen LogP contribution in [0.1, 0.15) is 23.4 Å². The Balaban J connectivity index is 2.01. The van der Waals surface area contributed by atoms with Crippen LogP contribution in [0.15, 0.2) is 36.4 Å². The fourth-order valence-corrected chi connectivity index (χ4v) is 2.47. The first-order chi connectivity index (χ1) is 8.15. The SMILES string of the molecule is C[C@H](N)c1cccc(OCc2ccc(Cl)s2)c1. The summed E-state index contributed by atoms with van der Waals surface area (Å²) in [6, 6.07) is 11.7. The lowest BCUT2D eigenvalue weighted by Gasteiger charge is -2.09. The molecule has 0 radical (unpaired) electrons. The maximum Gasteiger partial charge on any atom is 0.122 e. The lowest BCUT2D eigenvalue weighted by Crippen LogP contribution is -2.05. The van der Waals surface area contributed by atoms with Crippen LogP contribution in [0.2, 0.25) is 4.34 Å². The Morgan fingerprint density at radius 2 is 2.18 bits per heavy atom.